The van der Waals surface area contributed by atoms with Gasteiger partial charge in [-0.25, -0.2) is 4.79 Å². The third-order valence-electron chi connectivity index (χ3n) is 1.59. The Morgan fingerprint density at radius 2 is 1.76 bits per heavy atom. The van der Waals surface area contributed by atoms with E-state index >= 15 is 0 Å². The fourth-order valence-electron chi connectivity index (χ4n) is 0.788. The molecule has 5 heteroatoms. The summed E-state index contributed by atoms with van der Waals surface area (Å²) in [7, 11) is 0. The first-order valence-electron chi connectivity index (χ1n) is 5.77. The van der Waals surface area contributed by atoms with Crippen molar-refractivity contribution in [1.82, 2.24) is 5.32 Å². The molecule has 0 rings (SSSR count). The normalized spacial score (nSPS) is 11.2. The van der Waals surface area contributed by atoms with Crippen LogP contribution >= 0.6 is 0 Å². The van der Waals surface area contributed by atoms with E-state index in [0.29, 0.717) is 13.2 Å². The second-order valence-electron chi connectivity index (χ2n) is 5.57. The average Bonchev–Trinajstić information content (AvgIpc) is 2.19. The van der Waals surface area contributed by atoms with Crippen molar-refractivity contribution in [3.8, 4) is 0 Å². The van der Waals surface area contributed by atoms with E-state index in [2.05, 4.69) is 5.32 Å². The highest BCUT2D eigenvalue weighted by Crippen LogP contribution is 2.12. The van der Waals surface area contributed by atoms with Gasteiger partial charge >= 0.3 is 12.1 Å². The molecule has 0 spiro atoms. The summed E-state index contributed by atoms with van der Waals surface area (Å²) in [4.78, 5) is 22.4. The molecule has 0 aliphatic rings. The molecule has 100 valence electrons. The van der Waals surface area contributed by atoms with Crippen molar-refractivity contribution in [2.24, 2.45) is 11.3 Å². The van der Waals surface area contributed by atoms with E-state index in [1.165, 1.54) is 0 Å². The van der Waals surface area contributed by atoms with E-state index in [1.54, 1.807) is 0 Å². The highest BCUT2D eigenvalue weighted by Gasteiger charge is 2.14. The number of carbonyl (C=O) groups excluding carboxylic acids is 2. The molecule has 0 aromatic carbocycles. The highest BCUT2D eigenvalue weighted by atomic mass is 16.6. The number of nitrogens with one attached hydrogen (secondary N) is 1. The summed E-state index contributed by atoms with van der Waals surface area (Å²) in [6.45, 7) is 10.3. The Morgan fingerprint density at radius 1 is 1.18 bits per heavy atom. The Morgan fingerprint density at radius 3 is 2.24 bits per heavy atom. The lowest BCUT2D eigenvalue weighted by atomic mass is 9.99. The van der Waals surface area contributed by atoms with Crippen LogP contribution in [0, 0.1) is 11.3 Å². The molecule has 0 atom stereocenters. The standard InChI is InChI=1S/C12H23NO4/c1-9(2)7-16-10(14)6-13-11(15)17-8-12(3,4)5/h9H,6-8H2,1-5H3,(H,13,15). The van der Waals surface area contributed by atoms with Crippen molar-refractivity contribution in [2.45, 2.75) is 34.6 Å². The maximum atomic E-state index is 11.2. The van der Waals surface area contributed by atoms with Gasteiger partial charge in [-0.3, -0.25) is 4.79 Å². The molecule has 0 fully saturated rings. The first-order chi connectivity index (χ1) is 7.70. The van der Waals surface area contributed by atoms with Gasteiger partial charge in [-0.2, -0.15) is 0 Å². The Kier molecular flexibility index (Phi) is 6.61. The van der Waals surface area contributed by atoms with Crippen molar-refractivity contribution in [2.75, 3.05) is 19.8 Å². The molecule has 1 amide bonds. The average molecular weight is 245 g/mol. The fourth-order valence-corrected chi connectivity index (χ4v) is 0.788. The van der Waals surface area contributed by atoms with Gasteiger partial charge in [0.25, 0.3) is 0 Å². The van der Waals surface area contributed by atoms with Gasteiger partial charge in [0.1, 0.15) is 6.54 Å². The SMILES string of the molecule is CC(C)COC(=O)CNC(=O)OCC(C)(C)C. The van der Waals surface area contributed by atoms with Gasteiger partial charge in [0, 0.05) is 0 Å². The lowest BCUT2D eigenvalue weighted by molar-refractivity contribution is -0.143. The molecular formula is C12H23NO4. The summed E-state index contributed by atoms with van der Waals surface area (Å²) in [5.41, 5.74) is -0.0878. The smallest absolute Gasteiger partial charge is 0.407 e. The number of ether oxygens (including phenoxy) is 2. The maximum absolute atomic E-state index is 11.2. The number of amides is 1. The van der Waals surface area contributed by atoms with Gasteiger partial charge in [0.05, 0.1) is 13.2 Å². The van der Waals surface area contributed by atoms with Crippen LogP contribution in [0.5, 0.6) is 0 Å². The Balaban J connectivity index is 3.66. The van der Waals surface area contributed by atoms with Gasteiger partial charge in [-0.15, -0.1) is 0 Å². The molecule has 5 nitrogen and oxygen atoms in total. The van der Waals surface area contributed by atoms with Crippen LogP contribution in [-0.4, -0.2) is 31.8 Å². The predicted molar refractivity (Wildman–Crippen MR) is 64.6 cm³/mol. The zero-order valence-corrected chi connectivity index (χ0v) is 11.3. The molecule has 0 aromatic rings. The van der Waals surface area contributed by atoms with E-state index < -0.39 is 12.1 Å². The van der Waals surface area contributed by atoms with Crippen molar-refractivity contribution in [3.05, 3.63) is 0 Å². The van der Waals surface area contributed by atoms with E-state index in [9.17, 15) is 9.59 Å². The third-order valence-corrected chi connectivity index (χ3v) is 1.59. The quantitative estimate of drug-likeness (QED) is 0.752. The van der Waals surface area contributed by atoms with Gasteiger partial charge in [0.2, 0.25) is 0 Å². The van der Waals surface area contributed by atoms with Crippen LogP contribution in [0.15, 0.2) is 0 Å². The molecule has 0 heterocycles. The summed E-state index contributed by atoms with van der Waals surface area (Å²) in [6.07, 6.45) is -0.596. The summed E-state index contributed by atoms with van der Waals surface area (Å²) >= 11 is 0. The largest absolute Gasteiger partial charge is 0.464 e. The molecule has 1 N–H and O–H groups in total. The van der Waals surface area contributed by atoms with E-state index in [-0.39, 0.29) is 17.9 Å². The van der Waals surface area contributed by atoms with Crippen LogP contribution in [0.25, 0.3) is 0 Å². The first kappa shape index (κ1) is 15.7. The van der Waals surface area contributed by atoms with Crippen molar-refractivity contribution < 1.29 is 19.1 Å². The highest BCUT2D eigenvalue weighted by molar-refractivity contribution is 5.77. The van der Waals surface area contributed by atoms with Crippen molar-refractivity contribution >= 4 is 12.1 Å². The maximum Gasteiger partial charge on any atom is 0.407 e. The molecule has 17 heavy (non-hydrogen) atoms. The van der Waals surface area contributed by atoms with Gasteiger partial charge in [-0.1, -0.05) is 34.6 Å². The molecule has 0 saturated heterocycles. The second kappa shape index (κ2) is 7.14. The number of carbonyl (C=O) groups is 2. The van der Waals surface area contributed by atoms with Crippen molar-refractivity contribution in [3.63, 3.8) is 0 Å². The zero-order valence-electron chi connectivity index (χ0n) is 11.3. The first-order valence-corrected chi connectivity index (χ1v) is 5.77. The molecule has 0 radical (unpaired) electrons. The van der Waals surface area contributed by atoms with E-state index in [0.717, 1.165) is 0 Å². The van der Waals surface area contributed by atoms with Gasteiger partial charge < -0.3 is 14.8 Å². The monoisotopic (exact) mass is 245 g/mol. The lowest BCUT2D eigenvalue weighted by Crippen LogP contribution is -2.33. The predicted octanol–water partition coefficient (Wildman–Crippen LogP) is 1.96. The number of rotatable bonds is 5. The van der Waals surface area contributed by atoms with Crippen LogP contribution in [0.2, 0.25) is 0 Å². The second-order valence-corrected chi connectivity index (χ2v) is 5.57. The van der Waals surface area contributed by atoms with Gasteiger partial charge in [-0.05, 0) is 11.3 Å². The number of esters is 1. The summed E-state index contributed by atoms with van der Waals surface area (Å²) in [5, 5.41) is 2.34. The molecule has 0 bridgehead atoms. The van der Waals surface area contributed by atoms with E-state index in [4.69, 9.17) is 9.47 Å². The summed E-state index contributed by atoms with van der Waals surface area (Å²) < 4.78 is 9.81. The summed E-state index contributed by atoms with van der Waals surface area (Å²) in [6, 6.07) is 0. The van der Waals surface area contributed by atoms with Crippen LogP contribution < -0.4 is 5.32 Å². The minimum absolute atomic E-state index is 0.0878. The van der Waals surface area contributed by atoms with Crippen LogP contribution in [-0.2, 0) is 14.3 Å². The minimum atomic E-state index is -0.596. The molecule has 0 aliphatic carbocycles. The molecule has 0 aliphatic heterocycles. The van der Waals surface area contributed by atoms with E-state index in [1.807, 2.05) is 34.6 Å². The van der Waals surface area contributed by atoms with Gasteiger partial charge in [0.15, 0.2) is 0 Å². The number of hydrogen-bond acceptors (Lipinski definition) is 4. The Hall–Kier alpha value is -1.26. The number of hydrogen-bond donors (Lipinski definition) is 1. The molecule has 0 unspecified atom stereocenters. The molecule has 0 saturated carbocycles. The van der Waals surface area contributed by atoms with Crippen LogP contribution in [0.1, 0.15) is 34.6 Å². The molecule has 0 aromatic heterocycles. The third kappa shape index (κ3) is 11.0. The topological polar surface area (TPSA) is 64.6 Å². The Labute approximate surface area is 103 Å². The zero-order chi connectivity index (χ0) is 13.5. The summed E-state index contributed by atoms with van der Waals surface area (Å²) in [5.74, 6) is -0.168. The Bertz CT molecular complexity index is 256. The van der Waals surface area contributed by atoms with Crippen LogP contribution in [0.4, 0.5) is 4.79 Å². The van der Waals surface area contributed by atoms with Crippen LogP contribution in [0.3, 0.4) is 0 Å². The minimum Gasteiger partial charge on any atom is -0.464 e. The lowest BCUT2D eigenvalue weighted by Gasteiger charge is -2.17. The fraction of sp³-hybridized carbons (Fsp3) is 0.833. The van der Waals surface area contributed by atoms with Crippen molar-refractivity contribution in [1.29, 1.82) is 0 Å². The number of alkyl carbamates (subject to hydrolysis) is 1. The molecular weight excluding hydrogens is 222 g/mol.